The Morgan fingerprint density at radius 2 is 2.25 bits per heavy atom. The largest absolute Gasteiger partial charge is 0.479 e. The molecule has 1 aromatic carbocycles. The number of benzene rings is 1. The van der Waals surface area contributed by atoms with Crippen LogP contribution in [0.1, 0.15) is 18.1 Å². The van der Waals surface area contributed by atoms with Crippen LogP contribution in [0.4, 0.5) is 0 Å². The Morgan fingerprint density at radius 3 is 2.81 bits per heavy atom. The van der Waals surface area contributed by atoms with Crippen LogP contribution in [0.25, 0.3) is 0 Å². The quantitative estimate of drug-likeness (QED) is 0.790. The predicted octanol–water partition coefficient (Wildman–Crippen LogP) is 1.35. The van der Waals surface area contributed by atoms with Crippen LogP contribution in [-0.4, -0.2) is 23.7 Å². The van der Waals surface area contributed by atoms with Gasteiger partial charge in [0.1, 0.15) is 5.75 Å². The summed E-state index contributed by atoms with van der Waals surface area (Å²) in [6, 6.07) is 5.71. The number of para-hydroxylation sites is 1. The van der Waals surface area contributed by atoms with Crippen LogP contribution in [0.5, 0.6) is 5.75 Å². The van der Waals surface area contributed by atoms with Gasteiger partial charge < -0.3 is 15.6 Å². The molecule has 0 spiro atoms. The number of carboxylic acids is 1. The smallest absolute Gasteiger partial charge is 0.344 e. The van der Waals surface area contributed by atoms with Gasteiger partial charge >= 0.3 is 5.97 Å². The third kappa shape index (κ3) is 2.97. The molecule has 16 heavy (non-hydrogen) atoms. The third-order valence-corrected chi connectivity index (χ3v) is 2.35. The van der Waals surface area contributed by atoms with Crippen molar-refractivity contribution in [3.63, 3.8) is 0 Å². The number of ether oxygens (including phenoxy) is 1. The lowest BCUT2D eigenvalue weighted by atomic mass is 10.1. The molecule has 0 fully saturated rings. The minimum absolute atomic E-state index is 0.515. The van der Waals surface area contributed by atoms with Crippen molar-refractivity contribution in [2.75, 3.05) is 6.54 Å². The molecule has 0 aliphatic heterocycles. The fraction of sp³-hybridized carbons (Fsp3) is 0.417. The van der Waals surface area contributed by atoms with Crippen molar-refractivity contribution < 1.29 is 14.6 Å². The summed E-state index contributed by atoms with van der Waals surface area (Å²) in [6.45, 7) is 3.92. The summed E-state index contributed by atoms with van der Waals surface area (Å²) in [5, 5.41) is 8.81. The van der Waals surface area contributed by atoms with Gasteiger partial charge in [-0.1, -0.05) is 18.2 Å². The SMILES string of the molecule is Cc1cccc(CCN)c1OC(C)C(=O)O. The molecule has 0 aliphatic carbocycles. The van der Waals surface area contributed by atoms with E-state index in [4.69, 9.17) is 15.6 Å². The van der Waals surface area contributed by atoms with Crippen LogP contribution >= 0.6 is 0 Å². The summed E-state index contributed by atoms with van der Waals surface area (Å²) in [5.41, 5.74) is 7.38. The minimum Gasteiger partial charge on any atom is -0.479 e. The average molecular weight is 223 g/mol. The van der Waals surface area contributed by atoms with E-state index < -0.39 is 12.1 Å². The molecule has 0 radical (unpaired) electrons. The Labute approximate surface area is 95.0 Å². The van der Waals surface area contributed by atoms with Crippen LogP contribution in [-0.2, 0) is 11.2 Å². The second kappa shape index (κ2) is 5.51. The van der Waals surface area contributed by atoms with E-state index in [1.54, 1.807) is 0 Å². The molecule has 4 heteroatoms. The Kier molecular flexibility index (Phi) is 4.31. The Bertz CT molecular complexity index is 377. The zero-order chi connectivity index (χ0) is 12.1. The second-order valence-electron chi connectivity index (χ2n) is 3.70. The van der Waals surface area contributed by atoms with Crippen LogP contribution in [0, 0.1) is 6.92 Å². The molecule has 0 aliphatic rings. The molecule has 0 heterocycles. The van der Waals surface area contributed by atoms with E-state index in [2.05, 4.69) is 0 Å². The highest BCUT2D eigenvalue weighted by Gasteiger charge is 2.15. The first-order valence-electron chi connectivity index (χ1n) is 5.24. The van der Waals surface area contributed by atoms with Crippen molar-refractivity contribution in [1.29, 1.82) is 0 Å². The number of hydrogen-bond acceptors (Lipinski definition) is 3. The average Bonchev–Trinajstić information content (AvgIpc) is 2.23. The highest BCUT2D eigenvalue weighted by atomic mass is 16.5. The van der Waals surface area contributed by atoms with Gasteiger partial charge in [0.2, 0.25) is 0 Å². The maximum atomic E-state index is 10.7. The highest BCUT2D eigenvalue weighted by molar-refractivity contribution is 5.72. The van der Waals surface area contributed by atoms with Gasteiger partial charge in [0.25, 0.3) is 0 Å². The summed E-state index contributed by atoms with van der Waals surface area (Å²) in [5.74, 6) is -0.329. The molecule has 1 unspecified atom stereocenters. The molecule has 0 bridgehead atoms. The van der Waals surface area contributed by atoms with E-state index >= 15 is 0 Å². The van der Waals surface area contributed by atoms with Crippen LogP contribution in [0.2, 0.25) is 0 Å². The molecular formula is C12H17NO3. The van der Waals surface area contributed by atoms with Crippen molar-refractivity contribution in [3.05, 3.63) is 29.3 Å². The van der Waals surface area contributed by atoms with E-state index in [0.717, 1.165) is 11.1 Å². The van der Waals surface area contributed by atoms with Gasteiger partial charge in [-0.3, -0.25) is 0 Å². The van der Waals surface area contributed by atoms with Gasteiger partial charge in [-0.2, -0.15) is 0 Å². The minimum atomic E-state index is -0.970. The molecule has 0 saturated heterocycles. The number of hydrogen-bond donors (Lipinski definition) is 2. The molecule has 88 valence electrons. The Balaban J connectivity index is 2.96. The lowest BCUT2D eigenvalue weighted by Gasteiger charge is -2.16. The van der Waals surface area contributed by atoms with E-state index in [-0.39, 0.29) is 0 Å². The zero-order valence-electron chi connectivity index (χ0n) is 9.56. The summed E-state index contributed by atoms with van der Waals surface area (Å²) in [6.07, 6.45) is -0.166. The van der Waals surface area contributed by atoms with Crippen molar-refractivity contribution in [3.8, 4) is 5.75 Å². The zero-order valence-corrected chi connectivity index (χ0v) is 9.56. The summed E-state index contributed by atoms with van der Waals surface area (Å²) in [4.78, 5) is 10.7. The first kappa shape index (κ1) is 12.5. The Hall–Kier alpha value is -1.55. The van der Waals surface area contributed by atoms with E-state index in [1.165, 1.54) is 6.92 Å². The molecule has 0 amide bonds. The van der Waals surface area contributed by atoms with Gasteiger partial charge in [0, 0.05) is 0 Å². The molecule has 0 aromatic heterocycles. The van der Waals surface area contributed by atoms with E-state index in [0.29, 0.717) is 18.7 Å². The molecule has 1 atom stereocenters. The number of aliphatic carboxylic acids is 1. The van der Waals surface area contributed by atoms with Gasteiger partial charge in [-0.05, 0) is 37.9 Å². The lowest BCUT2D eigenvalue weighted by molar-refractivity contribution is -0.144. The van der Waals surface area contributed by atoms with Crippen molar-refractivity contribution in [2.24, 2.45) is 5.73 Å². The standard InChI is InChI=1S/C12H17NO3/c1-8-4-3-5-10(6-7-13)11(8)16-9(2)12(14)15/h3-5,9H,6-7,13H2,1-2H3,(H,14,15). The number of carbonyl (C=O) groups is 1. The normalized spacial score (nSPS) is 12.2. The first-order chi connectivity index (χ1) is 7.56. The van der Waals surface area contributed by atoms with Crippen LogP contribution in [0.3, 0.4) is 0 Å². The maximum absolute atomic E-state index is 10.7. The monoisotopic (exact) mass is 223 g/mol. The maximum Gasteiger partial charge on any atom is 0.344 e. The van der Waals surface area contributed by atoms with Crippen LogP contribution in [0.15, 0.2) is 18.2 Å². The van der Waals surface area contributed by atoms with Gasteiger partial charge in [-0.25, -0.2) is 4.79 Å². The van der Waals surface area contributed by atoms with Crippen molar-refractivity contribution >= 4 is 5.97 Å². The fourth-order valence-corrected chi connectivity index (χ4v) is 1.46. The topological polar surface area (TPSA) is 72.5 Å². The molecular weight excluding hydrogens is 206 g/mol. The van der Waals surface area contributed by atoms with Crippen LogP contribution < -0.4 is 10.5 Å². The molecule has 4 nitrogen and oxygen atoms in total. The molecule has 0 saturated carbocycles. The van der Waals surface area contributed by atoms with E-state index in [1.807, 2.05) is 25.1 Å². The number of aryl methyl sites for hydroxylation is 1. The molecule has 1 aromatic rings. The van der Waals surface area contributed by atoms with Gasteiger partial charge in [0.05, 0.1) is 0 Å². The van der Waals surface area contributed by atoms with E-state index in [9.17, 15) is 4.79 Å². The first-order valence-corrected chi connectivity index (χ1v) is 5.24. The molecule has 1 rings (SSSR count). The summed E-state index contributed by atoms with van der Waals surface area (Å²) in [7, 11) is 0. The lowest BCUT2D eigenvalue weighted by Crippen LogP contribution is -2.24. The number of nitrogens with two attached hydrogens (primary N) is 1. The highest BCUT2D eigenvalue weighted by Crippen LogP contribution is 2.24. The second-order valence-corrected chi connectivity index (χ2v) is 3.70. The fourth-order valence-electron chi connectivity index (χ4n) is 1.46. The molecule has 3 N–H and O–H groups in total. The Morgan fingerprint density at radius 1 is 1.56 bits per heavy atom. The van der Waals surface area contributed by atoms with Crippen molar-refractivity contribution in [1.82, 2.24) is 0 Å². The predicted molar refractivity (Wildman–Crippen MR) is 61.7 cm³/mol. The third-order valence-electron chi connectivity index (χ3n) is 2.35. The number of rotatable bonds is 5. The summed E-state index contributed by atoms with van der Waals surface area (Å²) >= 11 is 0. The number of carboxylic acid groups (broad SMARTS) is 1. The van der Waals surface area contributed by atoms with Gasteiger partial charge in [-0.15, -0.1) is 0 Å². The van der Waals surface area contributed by atoms with Crippen molar-refractivity contribution in [2.45, 2.75) is 26.4 Å². The van der Waals surface area contributed by atoms with Gasteiger partial charge in [0.15, 0.2) is 6.10 Å². The summed E-state index contributed by atoms with van der Waals surface area (Å²) < 4.78 is 5.44.